The van der Waals surface area contributed by atoms with Crippen LogP contribution in [-0.2, 0) is 14.4 Å². The molecule has 0 N–H and O–H groups in total. The number of rotatable bonds is 6. The summed E-state index contributed by atoms with van der Waals surface area (Å²) in [5.41, 5.74) is -0.522. The van der Waals surface area contributed by atoms with Crippen LogP contribution in [0, 0.1) is 16.7 Å². The number of barbiturate groups is 1. The lowest BCUT2D eigenvalue weighted by atomic mass is 9.73. The van der Waals surface area contributed by atoms with Crippen molar-refractivity contribution in [3.8, 4) is 6.07 Å². The average molecular weight is 381 g/mol. The minimum atomic E-state index is -1.46. The van der Waals surface area contributed by atoms with Crippen molar-refractivity contribution >= 4 is 23.6 Å². The normalized spacial score (nSPS) is 23.3. The Hall–Kier alpha value is -3.27. The van der Waals surface area contributed by atoms with E-state index in [1.54, 1.807) is 0 Å². The number of carbonyl (C=O) groups is 4. The number of nitriles is 1. The van der Waals surface area contributed by atoms with Crippen molar-refractivity contribution in [2.45, 2.75) is 32.6 Å². The van der Waals surface area contributed by atoms with E-state index in [4.69, 9.17) is 5.26 Å². The molecule has 146 valence electrons. The Morgan fingerprint density at radius 1 is 1.25 bits per heavy atom. The highest BCUT2D eigenvalue weighted by Gasteiger charge is 2.55. The first-order chi connectivity index (χ1) is 13.2. The van der Waals surface area contributed by atoms with E-state index in [0.29, 0.717) is 12.0 Å². The first-order valence-corrected chi connectivity index (χ1v) is 9.03. The van der Waals surface area contributed by atoms with Gasteiger partial charge >= 0.3 is 6.03 Å². The van der Waals surface area contributed by atoms with Crippen LogP contribution in [0.1, 0.15) is 32.6 Å². The molecule has 7 heteroatoms. The zero-order valence-corrected chi connectivity index (χ0v) is 16.1. The number of carbonyl (C=O) groups excluding carboxylic acids is 4. The Labute approximate surface area is 164 Å². The molecule has 1 heterocycles. The van der Waals surface area contributed by atoms with Gasteiger partial charge in [0.25, 0.3) is 5.91 Å². The minimum Gasteiger partial charge on any atom is -0.293 e. The van der Waals surface area contributed by atoms with Crippen LogP contribution in [0.25, 0.3) is 0 Å². The van der Waals surface area contributed by atoms with Gasteiger partial charge in [0.2, 0.25) is 5.91 Å². The molecule has 0 radical (unpaired) electrons. The number of urea groups is 1. The molecule has 0 aromatic rings. The molecule has 0 saturated carbocycles. The monoisotopic (exact) mass is 381 g/mol. The van der Waals surface area contributed by atoms with Crippen molar-refractivity contribution in [1.82, 2.24) is 9.80 Å². The summed E-state index contributed by atoms with van der Waals surface area (Å²) >= 11 is 0. The maximum Gasteiger partial charge on any atom is 0.333 e. The van der Waals surface area contributed by atoms with Gasteiger partial charge in [0.1, 0.15) is 5.41 Å². The zero-order valence-electron chi connectivity index (χ0n) is 16.1. The molecule has 28 heavy (non-hydrogen) atoms. The van der Waals surface area contributed by atoms with Crippen LogP contribution in [0.4, 0.5) is 4.79 Å². The predicted molar refractivity (Wildman–Crippen MR) is 103 cm³/mol. The molecule has 4 amide bonds. The molecule has 7 nitrogen and oxygen atoms in total. The van der Waals surface area contributed by atoms with E-state index < -0.39 is 35.6 Å². The molecule has 1 unspecified atom stereocenters. The van der Waals surface area contributed by atoms with Gasteiger partial charge in [-0.1, -0.05) is 24.8 Å². The summed E-state index contributed by atoms with van der Waals surface area (Å²) in [4.78, 5) is 52.3. The van der Waals surface area contributed by atoms with E-state index in [1.165, 1.54) is 38.3 Å². The average Bonchev–Trinajstić information content (AvgIpc) is 2.71. The lowest BCUT2D eigenvalue weighted by molar-refractivity contribution is -0.155. The van der Waals surface area contributed by atoms with E-state index in [9.17, 15) is 19.2 Å². The van der Waals surface area contributed by atoms with Gasteiger partial charge in [0.05, 0.1) is 12.6 Å². The van der Waals surface area contributed by atoms with Gasteiger partial charge in [-0.05, 0) is 50.3 Å². The van der Waals surface area contributed by atoms with Gasteiger partial charge in [0.15, 0.2) is 5.78 Å². The summed E-state index contributed by atoms with van der Waals surface area (Å²) < 4.78 is 0. The number of allylic oxidation sites excluding steroid dienone is 5. The smallest absolute Gasteiger partial charge is 0.293 e. The van der Waals surface area contributed by atoms with Gasteiger partial charge in [-0.15, -0.1) is 0 Å². The maximum atomic E-state index is 13.1. The van der Waals surface area contributed by atoms with Crippen molar-refractivity contribution in [3.63, 3.8) is 0 Å². The Kier molecular flexibility index (Phi) is 6.47. The topological polar surface area (TPSA) is 98.5 Å². The number of hydrogen-bond acceptors (Lipinski definition) is 5. The number of ketones is 1. The maximum absolute atomic E-state index is 13.1. The minimum absolute atomic E-state index is 0.232. The Morgan fingerprint density at radius 3 is 2.54 bits per heavy atom. The van der Waals surface area contributed by atoms with E-state index in [-0.39, 0.29) is 5.57 Å². The van der Waals surface area contributed by atoms with Gasteiger partial charge in [0, 0.05) is 12.6 Å². The summed E-state index contributed by atoms with van der Waals surface area (Å²) in [6.07, 6.45) is 10.7. The predicted octanol–water partition coefficient (Wildman–Crippen LogP) is 2.67. The second-order valence-corrected chi connectivity index (χ2v) is 6.96. The molecule has 0 spiro atoms. The third-order valence-electron chi connectivity index (χ3n) is 5.00. The summed E-state index contributed by atoms with van der Waals surface area (Å²) in [5, 5.41) is 8.61. The van der Waals surface area contributed by atoms with Crippen LogP contribution in [0.5, 0.6) is 0 Å². The van der Waals surface area contributed by atoms with Gasteiger partial charge in [-0.2, -0.15) is 5.26 Å². The third kappa shape index (κ3) is 4.01. The number of amides is 4. The zero-order chi connectivity index (χ0) is 20.9. The molecule has 1 atom stereocenters. The molecule has 1 saturated heterocycles. The summed E-state index contributed by atoms with van der Waals surface area (Å²) in [5.74, 6) is -1.70. The van der Waals surface area contributed by atoms with E-state index in [2.05, 4.69) is 6.58 Å². The number of imide groups is 2. The highest BCUT2D eigenvalue weighted by atomic mass is 16.2. The molecule has 0 aromatic carbocycles. The molecular weight excluding hydrogens is 358 g/mol. The van der Waals surface area contributed by atoms with E-state index in [0.717, 1.165) is 29.1 Å². The van der Waals surface area contributed by atoms with E-state index >= 15 is 0 Å². The summed E-state index contributed by atoms with van der Waals surface area (Å²) in [7, 11) is 1.32. The van der Waals surface area contributed by atoms with Gasteiger partial charge in [-0.3, -0.25) is 24.2 Å². The summed E-state index contributed by atoms with van der Waals surface area (Å²) in [6, 6.07) is 1.03. The second kappa shape index (κ2) is 8.61. The van der Waals surface area contributed by atoms with Crippen LogP contribution >= 0.6 is 0 Å². The standard InChI is InChI=1S/C21H23N3O4/c1-15(13-22)9-7-8-12-17(25)14-24-19(27)21(2,16-10-5-4-6-11-16)18(26)23(3)20(24)28/h7-10,12H,1,4-6,11,14H2,2-3H3/b9-7-,12-8+. The van der Waals surface area contributed by atoms with Crippen LogP contribution in [0.3, 0.4) is 0 Å². The lowest BCUT2D eigenvalue weighted by Gasteiger charge is -2.42. The Morgan fingerprint density at radius 2 is 1.93 bits per heavy atom. The first-order valence-electron chi connectivity index (χ1n) is 9.03. The molecule has 2 aliphatic rings. The molecule has 0 bridgehead atoms. The Bertz CT molecular complexity index is 859. The van der Waals surface area contributed by atoms with E-state index in [1.807, 2.05) is 12.1 Å². The van der Waals surface area contributed by atoms with Crippen LogP contribution < -0.4 is 0 Å². The fourth-order valence-corrected chi connectivity index (χ4v) is 3.34. The van der Waals surface area contributed by atoms with Crippen LogP contribution in [0.2, 0.25) is 0 Å². The van der Waals surface area contributed by atoms with Gasteiger partial charge < -0.3 is 0 Å². The van der Waals surface area contributed by atoms with Crippen LogP contribution in [0.15, 0.2) is 48.1 Å². The molecular formula is C21H23N3O4. The fraction of sp³-hybridized carbons (Fsp3) is 0.381. The quantitative estimate of drug-likeness (QED) is 0.232. The molecule has 0 aromatic heterocycles. The lowest BCUT2D eigenvalue weighted by Crippen LogP contribution is -2.64. The van der Waals surface area contributed by atoms with Crippen molar-refractivity contribution in [1.29, 1.82) is 5.26 Å². The number of nitrogens with zero attached hydrogens (tertiary/aromatic N) is 3. The first kappa shape index (κ1) is 21.0. The SMILES string of the molecule is C=C(C#N)/C=C\C=C\C(=O)CN1C(=O)N(C)C(=O)C(C)(C2=CCCCC2)C1=O. The highest BCUT2D eigenvalue weighted by Crippen LogP contribution is 2.40. The van der Waals surface area contributed by atoms with Crippen LogP contribution in [-0.4, -0.2) is 47.0 Å². The molecule has 1 fully saturated rings. The highest BCUT2D eigenvalue weighted by molar-refractivity contribution is 6.21. The van der Waals surface area contributed by atoms with Crippen molar-refractivity contribution < 1.29 is 19.2 Å². The molecule has 1 aliphatic heterocycles. The third-order valence-corrected chi connectivity index (χ3v) is 5.00. The second-order valence-electron chi connectivity index (χ2n) is 6.96. The fourth-order valence-electron chi connectivity index (χ4n) is 3.34. The Balaban J connectivity index is 2.22. The van der Waals surface area contributed by atoms with Gasteiger partial charge in [-0.25, -0.2) is 4.79 Å². The van der Waals surface area contributed by atoms with Crippen molar-refractivity contribution in [3.05, 3.63) is 48.1 Å². The van der Waals surface area contributed by atoms with Crippen molar-refractivity contribution in [2.24, 2.45) is 5.41 Å². The molecule has 1 aliphatic carbocycles. The summed E-state index contributed by atoms with van der Waals surface area (Å²) in [6.45, 7) is 4.54. The largest absolute Gasteiger partial charge is 0.333 e. The molecule has 2 rings (SSSR count). The van der Waals surface area contributed by atoms with Crippen molar-refractivity contribution in [2.75, 3.05) is 13.6 Å². The number of hydrogen-bond donors (Lipinski definition) is 0.